The first kappa shape index (κ1) is 5.27. The van der Waals surface area contributed by atoms with Crippen LogP contribution in [-0.4, -0.2) is 10.2 Å². The lowest BCUT2D eigenvalue weighted by molar-refractivity contribution is -0.256. The van der Waals surface area contributed by atoms with E-state index in [4.69, 9.17) is 5.26 Å². The van der Waals surface area contributed by atoms with Gasteiger partial charge in [0.25, 0.3) is 0 Å². The third-order valence-corrected chi connectivity index (χ3v) is 0.690. The molecule has 0 atom stereocenters. The second-order valence-electron chi connectivity index (χ2n) is 1.24. The van der Waals surface area contributed by atoms with E-state index in [0.717, 1.165) is 0 Å². The van der Waals surface area contributed by atoms with Crippen LogP contribution in [0.25, 0.3) is 0 Å². The van der Waals surface area contributed by atoms with Gasteiger partial charge in [-0.25, -0.2) is 9.87 Å². The number of nitrogens with zero attached hydrogens (tertiary/aromatic N) is 1. The molecule has 0 amide bonds. The van der Waals surface area contributed by atoms with Gasteiger partial charge < -0.3 is 4.42 Å². The molecule has 0 fully saturated rings. The molecule has 44 valence electrons. The van der Waals surface area contributed by atoms with E-state index in [9.17, 15) is 0 Å². The monoisotopic (exact) mass is 115 g/mol. The highest BCUT2D eigenvalue weighted by molar-refractivity contribution is 4.84. The van der Waals surface area contributed by atoms with Crippen LogP contribution in [0.2, 0.25) is 0 Å². The molecule has 0 aliphatic carbocycles. The van der Waals surface area contributed by atoms with Crippen LogP contribution in [0.1, 0.15) is 5.76 Å². The number of aromatic nitrogens is 1. The van der Waals surface area contributed by atoms with Gasteiger partial charge in [-0.05, 0) is 0 Å². The van der Waals surface area contributed by atoms with E-state index in [1.165, 1.54) is 12.6 Å². The van der Waals surface area contributed by atoms with Crippen LogP contribution in [0.5, 0.6) is 0 Å². The lowest BCUT2D eigenvalue weighted by Crippen LogP contribution is -1.82. The van der Waals surface area contributed by atoms with Crippen LogP contribution in [0.3, 0.4) is 0 Å². The predicted molar refractivity (Wildman–Crippen MR) is 23.9 cm³/mol. The van der Waals surface area contributed by atoms with Gasteiger partial charge in [-0.15, -0.1) is 0 Å². The number of hydrogen-bond acceptors (Lipinski definition) is 4. The Bertz CT molecular complexity index is 137. The summed E-state index contributed by atoms with van der Waals surface area (Å²) in [5.74, 6) is 0.507. The molecule has 1 N–H and O–H groups in total. The lowest BCUT2D eigenvalue weighted by atomic mass is 10.6. The Morgan fingerprint density at radius 1 is 1.88 bits per heavy atom. The highest BCUT2D eigenvalue weighted by Gasteiger charge is 1.92. The SMILES string of the molecule is OOCc1cnco1. The Balaban J connectivity index is 2.50. The molecule has 0 bridgehead atoms. The Morgan fingerprint density at radius 2 is 2.75 bits per heavy atom. The first-order valence-electron chi connectivity index (χ1n) is 2.07. The summed E-state index contributed by atoms with van der Waals surface area (Å²) in [5.41, 5.74) is 0. The van der Waals surface area contributed by atoms with Crippen LogP contribution in [0.15, 0.2) is 17.0 Å². The quantitative estimate of drug-likeness (QED) is 0.454. The standard InChI is InChI=1S/C4H5NO3/c6-8-2-4-1-5-3-7-4/h1,3,6H,2H2. The van der Waals surface area contributed by atoms with E-state index in [-0.39, 0.29) is 6.61 Å². The summed E-state index contributed by atoms with van der Waals surface area (Å²) >= 11 is 0. The predicted octanol–water partition coefficient (Wildman–Crippen LogP) is 0.664. The van der Waals surface area contributed by atoms with E-state index in [1.807, 2.05) is 0 Å². The summed E-state index contributed by atoms with van der Waals surface area (Å²) in [6.45, 7) is 0.0556. The van der Waals surface area contributed by atoms with Gasteiger partial charge in [-0.3, -0.25) is 5.26 Å². The van der Waals surface area contributed by atoms with Crippen molar-refractivity contribution >= 4 is 0 Å². The van der Waals surface area contributed by atoms with Crippen molar-refractivity contribution < 1.29 is 14.6 Å². The topological polar surface area (TPSA) is 55.5 Å². The molecule has 8 heavy (non-hydrogen) atoms. The molecule has 1 aromatic heterocycles. The molecule has 1 aromatic rings. The molecule has 0 saturated carbocycles. The summed E-state index contributed by atoms with van der Waals surface area (Å²) in [6.07, 6.45) is 2.74. The first-order valence-corrected chi connectivity index (χ1v) is 2.07. The van der Waals surface area contributed by atoms with Crippen molar-refractivity contribution in [2.75, 3.05) is 0 Å². The Morgan fingerprint density at radius 3 is 3.25 bits per heavy atom. The largest absolute Gasteiger partial charge is 0.446 e. The number of rotatable bonds is 2. The van der Waals surface area contributed by atoms with Gasteiger partial charge in [0.15, 0.2) is 12.2 Å². The average Bonchev–Trinajstić information content (AvgIpc) is 2.19. The minimum absolute atomic E-state index is 0.0556. The average molecular weight is 115 g/mol. The van der Waals surface area contributed by atoms with Crippen LogP contribution in [0, 0.1) is 0 Å². The van der Waals surface area contributed by atoms with Crippen molar-refractivity contribution in [1.82, 2.24) is 4.98 Å². The van der Waals surface area contributed by atoms with Crippen LogP contribution < -0.4 is 0 Å². The fourth-order valence-electron chi connectivity index (χ4n) is 0.377. The second kappa shape index (κ2) is 2.44. The van der Waals surface area contributed by atoms with Gasteiger partial charge in [0.1, 0.15) is 6.61 Å². The minimum Gasteiger partial charge on any atom is -0.446 e. The van der Waals surface area contributed by atoms with Crippen molar-refractivity contribution in [3.8, 4) is 0 Å². The molecule has 0 aromatic carbocycles. The molecule has 0 spiro atoms. The zero-order valence-electron chi connectivity index (χ0n) is 4.07. The fourth-order valence-corrected chi connectivity index (χ4v) is 0.377. The fraction of sp³-hybridized carbons (Fsp3) is 0.250. The molecule has 0 unspecified atom stereocenters. The molecular formula is C4H5NO3. The molecule has 1 heterocycles. The molecule has 4 nitrogen and oxygen atoms in total. The summed E-state index contributed by atoms with van der Waals surface area (Å²) in [6, 6.07) is 0. The van der Waals surface area contributed by atoms with Gasteiger partial charge >= 0.3 is 0 Å². The summed E-state index contributed by atoms with van der Waals surface area (Å²) in [5, 5.41) is 7.85. The third-order valence-electron chi connectivity index (χ3n) is 0.690. The normalized spacial score (nSPS) is 9.62. The maximum Gasteiger partial charge on any atom is 0.180 e. The van der Waals surface area contributed by atoms with Crippen molar-refractivity contribution in [2.45, 2.75) is 6.61 Å². The van der Waals surface area contributed by atoms with Crippen LogP contribution in [0.4, 0.5) is 0 Å². The third kappa shape index (κ3) is 1.05. The summed E-state index contributed by atoms with van der Waals surface area (Å²) < 4.78 is 4.68. The van der Waals surface area contributed by atoms with Gasteiger partial charge in [0, 0.05) is 0 Å². The van der Waals surface area contributed by atoms with Gasteiger partial charge in [0.2, 0.25) is 0 Å². The van der Waals surface area contributed by atoms with Crippen molar-refractivity contribution in [2.24, 2.45) is 0 Å². The highest BCUT2D eigenvalue weighted by Crippen LogP contribution is 1.95. The molecule has 1 rings (SSSR count). The lowest BCUT2D eigenvalue weighted by Gasteiger charge is -1.85. The Hall–Kier alpha value is -0.870. The van der Waals surface area contributed by atoms with Gasteiger partial charge in [-0.1, -0.05) is 0 Å². The second-order valence-corrected chi connectivity index (χ2v) is 1.24. The van der Waals surface area contributed by atoms with Crippen molar-refractivity contribution in [3.05, 3.63) is 18.4 Å². The Labute approximate surface area is 45.6 Å². The van der Waals surface area contributed by atoms with Crippen LogP contribution in [-0.2, 0) is 11.5 Å². The molecule has 0 aliphatic heterocycles. The molecule has 0 aliphatic rings. The summed E-state index contributed by atoms with van der Waals surface area (Å²) in [7, 11) is 0. The number of oxazole rings is 1. The molecule has 0 saturated heterocycles. The van der Waals surface area contributed by atoms with Crippen LogP contribution >= 0.6 is 0 Å². The maximum absolute atomic E-state index is 7.85. The van der Waals surface area contributed by atoms with Gasteiger partial charge in [0.05, 0.1) is 6.20 Å². The van der Waals surface area contributed by atoms with E-state index in [1.54, 1.807) is 0 Å². The van der Waals surface area contributed by atoms with E-state index >= 15 is 0 Å². The zero-order chi connectivity index (χ0) is 5.82. The van der Waals surface area contributed by atoms with E-state index in [2.05, 4.69) is 14.3 Å². The molecule has 0 radical (unpaired) electrons. The highest BCUT2D eigenvalue weighted by atomic mass is 17.1. The van der Waals surface area contributed by atoms with Crippen molar-refractivity contribution in [1.29, 1.82) is 0 Å². The molecule has 4 heteroatoms. The smallest absolute Gasteiger partial charge is 0.180 e. The van der Waals surface area contributed by atoms with E-state index in [0.29, 0.717) is 5.76 Å². The number of hydrogen-bond donors (Lipinski definition) is 1. The maximum atomic E-state index is 7.85. The summed E-state index contributed by atoms with van der Waals surface area (Å²) in [4.78, 5) is 7.34. The first-order chi connectivity index (χ1) is 3.93. The van der Waals surface area contributed by atoms with E-state index < -0.39 is 0 Å². The van der Waals surface area contributed by atoms with Gasteiger partial charge in [-0.2, -0.15) is 0 Å². The Kier molecular flexibility index (Phi) is 1.61. The van der Waals surface area contributed by atoms with Crippen molar-refractivity contribution in [3.63, 3.8) is 0 Å². The minimum atomic E-state index is 0.0556. The zero-order valence-corrected chi connectivity index (χ0v) is 4.07. The molecular weight excluding hydrogens is 110 g/mol.